The first-order chi connectivity index (χ1) is 10.2. The van der Waals surface area contributed by atoms with E-state index in [4.69, 9.17) is 0 Å². The van der Waals surface area contributed by atoms with Crippen LogP contribution in [0.4, 0.5) is 4.39 Å². The van der Waals surface area contributed by atoms with Crippen LogP contribution in [0.1, 0.15) is 22.7 Å². The summed E-state index contributed by atoms with van der Waals surface area (Å²) in [6.07, 6.45) is 0.864. The predicted octanol–water partition coefficient (Wildman–Crippen LogP) is 4.85. The van der Waals surface area contributed by atoms with Gasteiger partial charge in [0.1, 0.15) is 5.82 Å². The third kappa shape index (κ3) is 2.99. The molecular formula is C18H18FNS. The molecule has 2 aromatic carbocycles. The molecule has 0 saturated carbocycles. The van der Waals surface area contributed by atoms with Gasteiger partial charge in [-0.2, -0.15) is 0 Å². The average Bonchev–Trinajstić information content (AvgIpc) is 2.87. The van der Waals surface area contributed by atoms with Crippen molar-refractivity contribution in [2.75, 3.05) is 7.05 Å². The number of thiophene rings is 1. The summed E-state index contributed by atoms with van der Waals surface area (Å²) in [5, 5.41) is 6.82. The van der Waals surface area contributed by atoms with Crippen LogP contribution in [0.5, 0.6) is 0 Å². The van der Waals surface area contributed by atoms with Gasteiger partial charge in [0.05, 0.1) is 0 Å². The van der Waals surface area contributed by atoms with Gasteiger partial charge < -0.3 is 5.32 Å². The van der Waals surface area contributed by atoms with E-state index >= 15 is 0 Å². The van der Waals surface area contributed by atoms with Gasteiger partial charge in [-0.15, -0.1) is 11.3 Å². The molecule has 0 fully saturated rings. The van der Waals surface area contributed by atoms with Crippen molar-refractivity contribution in [2.45, 2.75) is 19.4 Å². The van der Waals surface area contributed by atoms with Crippen LogP contribution in [0.25, 0.3) is 10.1 Å². The van der Waals surface area contributed by atoms with Crippen LogP contribution < -0.4 is 5.32 Å². The van der Waals surface area contributed by atoms with E-state index in [1.54, 1.807) is 23.5 Å². The molecule has 0 amide bonds. The Kier molecular flexibility index (Phi) is 4.04. The van der Waals surface area contributed by atoms with Crippen LogP contribution in [0.3, 0.4) is 0 Å². The standard InChI is InChI=1S/C18H18FNS/c1-12-7-13(9-15(19)8-12)17(20-2)10-14-11-21-18-6-4-3-5-16(14)18/h3-9,11,17,20H,10H2,1-2H3. The summed E-state index contributed by atoms with van der Waals surface area (Å²) in [5.74, 6) is -0.166. The third-order valence-corrected chi connectivity index (χ3v) is 4.81. The highest BCUT2D eigenvalue weighted by atomic mass is 32.1. The second-order valence-electron chi connectivity index (χ2n) is 5.36. The first kappa shape index (κ1) is 14.2. The van der Waals surface area contributed by atoms with Crippen LogP contribution in [0, 0.1) is 12.7 Å². The summed E-state index contributed by atoms with van der Waals surface area (Å²) in [7, 11) is 1.93. The maximum absolute atomic E-state index is 13.6. The topological polar surface area (TPSA) is 12.0 Å². The number of hydrogen-bond acceptors (Lipinski definition) is 2. The van der Waals surface area contributed by atoms with Crippen molar-refractivity contribution in [3.8, 4) is 0 Å². The quantitative estimate of drug-likeness (QED) is 0.726. The summed E-state index contributed by atoms with van der Waals surface area (Å²) in [4.78, 5) is 0. The van der Waals surface area contributed by atoms with Crippen molar-refractivity contribution >= 4 is 21.4 Å². The lowest BCUT2D eigenvalue weighted by Gasteiger charge is -2.17. The molecule has 21 heavy (non-hydrogen) atoms. The lowest BCUT2D eigenvalue weighted by Crippen LogP contribution is -2.19. The summed E-state index contributed by atoms with van der Waals surface area (Å²) < 4.78 is 14.9. The van der Waals surface area contributed by atoms with E-state index in [2.05, 4.69) is 41.0 Å². The summed E-state index contributed by atoms with van der Waals surface area (Å²) in [6, 6.07) is 13.8. The second-order valence-corrected chi connectivity index (χ2v) is 6.28. The largest absolute Gasteiger partial charge is 0.313 e. The minimum Gasteiger partial charge on any atom is -0.313 e. The van der Waals surface area contributed by atoms with Gasteiger partial charge in [0, 0.05) is 10.7 Å². The molecule has 1 N–H and O–H groups in total. The van der Waals surface area contributed by atoms with E-state index in [-0.39, 0.29) is 11.9 Å². The van der Waals surface area contributed by atoms with Crippen molar-refractivity contribution in [1.29, 1.82) is 0 Å². The highest BCUT2D eigenvalue weighted by Gasteiger charge is 2.14. The van der Waals surface area contributed by atoms with Crippen LogP contribution in [0.2, 0.25) is 0 Å². The third-order valence-electron chi connectivity index (χ3n) is 3.80. The van der Waals surface area contributed by atoms with Crippen molar-refractivity contribution in [1.82, 2.24) is 5.32 Å². The lowest BCUT2D eigenvalue weighted by atomic mass is 9.97. The second kappa shape index (κ2) is 5.96. The normalized spacial score (nSPS) is 12.7. The molecule has 0 radical (unpaired) electrons. The Hall–Kier alpha value is -1.71. The molecule has 0 aliphatic carbocycles. The van der Waals surface area contributed by atoms with E-state index in [9.17, 15) is 4.39 Å². The van der Waals surface area contributed by atoms with Gasteiger partial charge in [-0.3, -0.25) is 0 Å². The zero-order chi connectivity index (χ0) is 14.8. The maximum Gasteiger partial charge on any atom is 0.123 e. The first-order valence-electron chi connectivity index (χ1n) is 7.07. The number of halogens is 1. The molecule has 0 aliphatic heterocycles. The Morgan fingerprint density at radius 3 is 2.76 bits per heavy atom. The Morgan fingerprint density at radius 2 is 2.00 bits per heavy atom. The van der Waals surface area contributed by atoms with Crippen molar-refractivity contribution in [3.63, 3.8) is 0 Å². The zero-order valence-corrected chi connectivity index (χ0v) is 13.0. The van der Waals surface area contributed by atoms with Crippen LogP contribution in [-0.2, 0) is 6.42 Å². The van der Waals surface area contributed by atoms with E-state index in [1.807, 2.05) is 14.0 Å². The summed E-state index contributed by atoms with van der Waals surface area (Å²) in [5.41, 5.74) is 3.28. The molecule has 0 spiro atoms. The Morgan fingerprint density at radius 1 is 1.19 bits per heavy atom. The van der Waals surface area contributed by atoms with Gasteiger partial charge in [-0.05, 0) is 66.0 Å². The number of aryl methyl sites for hydroxylation is 1. The summed E-state index contributed by atoms with van der Waals surface area (Å²) >= 11 is 1.77. The molecule has 1 nitrogen and oxygen atoms in total. The number of benzene rings is 2. The van der Waals surface area contributed by atoms with Gasteiger partial charge >= 0.3 is 0 Å². The molecule has 3 aromatic rings. The zero-order valence-electron chi connectivity index (χ0n) is 12.2. The molecule has 1 unspecified atom stereocenters. The van der Waals surface area contributed by atoms with Crippen LogP contribution >= 0.6 is 11.3 Å². The van der Waals surface area contributed by atoms with Gasteiger partial charge in [-0.1, -0.05) is 24.3 Å². The molecule has 1 heterocycles. The van der Waals surface area contributed by atoms with Crippen LogP contribution in [-0.4, -0.2) is 7.05 Å². The number of likely N-dealkylation sites (N-methyl/N-ethyl adjacent to an activating group) is 1. The van der Waals surface area contributed by atoms with E-state index in [0.29, 0.717) is 0 Å². The number of rotatable bonds is 4. The van der Waals surface area contributed by atoms with E-state index < -0.39 is 0 Å². The monoisotopic (exact) mass is 299 g/mol. The minimum atomic E-state index is -0.166. The van der Waals surface area contributed by atoms with Crippen molar-refractivity contribution in [3.05, 3.63) is 70.4 Å². The molecule has 0 saturated heterocycles. The number of hydrogen-bond donors (Lipinski definition) is 1. The van der Waals surface area contributed by atoms with Gasteiger partial charge in [0.25, 0.3) is 0 Å². The molecule has 1 atom stereocenters. The number of fused-ring (bicyclic) bond motifs is 1. The van der Waals surface area contributed by atoms with Gasteiger partial charge in [0.2, 0.25) is 0 Å². The molecule has 0 aliphatic rings. The van der Waals surface area contributed by atoms with E-state index in [1.165, 1.54) is 15.6 Å². The lowest BCUT2D eigenvalue weighted by molar-refractivity contribution is 0.578. The molecule has 108 valence electrons. The minimum absolute atomic E-state index is 0.123. The fourth-order valence-corrected chi connectivity index (χ4v) is 3.74. The maximum atomic E-state index is 13.6. The predicted molar refractivity (Wildman–Crippen MR) is 88.5 cm³/mol. The average molecular weight is 299 g/mol. The fourth-order valence-electron chi connectivity index (χ4n) is 2.76. The Balaban J connectivity index is 1.94. The SMILES string of the molecule is CNC(Cc1csc2ccccc12)c1cc(C)cc(F)c1. The molecular weight excluding hydrogens is 281 g/mol. The smallest absolute Gasteiger partial charge is 0.123 e. The highest BCUT2D eigenvalue weighted by molar-refractivity contribution is 7.17. The number of nitrogens with one attached hydrogen (secondary N) is 1. The molecule has 1 aromatic heterocycles. The van der Waals surface area contributed by atoms with Gasteiger partial charge in [0.15, 0.2) is 0 Å². The fraction of sp³-hybridized carbons (Fsp3) is 0.222. The Labute approximate surface area is 128 Å². The first-order valence-corrected chi connectivity index (χ1v) is 7.95. The van der Waals surface area contributed by atoms with Crippen molar-refractivity contribution in [2.24, 2.45) is 0 Å². The molecule has 3 heteroatoms. The Bertz CT molecular complexity index is 743. The van der Waals surface area contributed by atoms with Crippen LogP contribution in [0.15, 0.2) is 47.8 Å². The molecule has 3 rings (SSSR count). The summed E-state index contributed by atoms with van der Waals surface area (Å²) in [6.45, 7) is 1.93. The highest BCUT2D eigenvalue weighted by Crippen LogP contribution is 2.29. The van der Waals surface area contributed by atoms with Gasteiger partial charge in [-0.25, -0.2) is 4.39 Å². The molecule has 0 bridgehead atoms. The van der Waals surface area contributed by atoms with Crippen molar-refractivity contribution < 1.29 is 4.39 Å². The van der Waals surface area contributed by atoms with E-state index in [0.717, 1.165) is 17.5 Å².